The molecular weight excluding hydrogens is 257 g/mol. The zero-order valence-corrected chi connectivity index (χ0v) is 9.52. The van der Waals surface area contributed by atoms with Crippen molar-refractivity contribution in [3.63, 3.8) is 0 Å². The van der Waals surface area contributed by atoms with Gasteiger partial charge in [0.25, 0.3) is 5.56 Å². The predicted molar refractivity (Wildman–Crippen MR) is 70.5 cm³/mol. The number of methoxy groups -OCH3 is 1. The van der Waals surface area contributed by atoms with Crippen LogP contribution >= 0.6 is 0 Å². The van der Waals surface area contributed by atoms with Gasteiger partial charge in [0.1, 0.15) is 5.75 Å². The van der Waals surface area contributed by atoms with Gasteiger partial charge in [-0.05, 0) is 29.5 Å². The van der Waals surface area contributed by atoms with Crippen LogP contribution in [0.1, 0.15) is 0 Å². The van der Waals surface area contributed by atoms with Crippen LogP contribution in [-0.2, 0) is 0 Å². The Hall–Kier alpha value is -1.70. The molecule has 3 rings (SSSR count). The van der Waals surface area contributed by atoms with Crippen molar-refractivity contribution in [2.24, 2.45) is 0 Å². The molecule has 0 N–H and O–H groups in total. The van der Waals surface area contributed by atoms with E-state index in [9.17, 15) is 4.79 Å². The van der Waals surface area contributed by atoms with Gasteiger partial charge in [0, 0.05) is 11.5 Å². The number of fused-ring (bicyclic) bond motifs is 1. The average Bonchev–Trinajstić information content (AvgIpc) is 2.91. The summed E-state index contributed by atoms with van der Waals surface area (Å²) < 4.78 is 6.48. The average molecular weight is 267 g/mol. The first kappa shape index (κ1) is 13.7. The van der Waals surface area contributed by atoms with E-state index in [-0.39, 0.29) is 35.1 Å². The second kappa shape index (κ2) is 5.52. The van der Waals surface area contributed by atoms with Crippen LogP contribution in [0, 0.1) is 0 Å². The molecule has 0 aliphatic rings. The summed E-state index contributed by atoms with van der Waals surface area (Å²) in [6.45, 7) is 0. The summed E-state index contributed by atoms with van der Waals surface area (Å²) in [7, 11) is 1.59. The maximum absolute atomic E-state index is 11.9. The van der Waals surface area contributed by atoms with E-state index >= 15 is 0 Å². The summed E-state index contributed by atoms with van der Waals surface area (Å²) in [6, 6.07) is 8.56. The summed E-state index contributed by atoms with van der Waals surface area (Å²) in [4.78, 5) is 13.0. The van der Waals surface area contributed by atoms with Crippen LogP contribution in [0.2, 0.25) is 0 Å². The zero-order valence-electron chi connectivity index (χ0n) is 9.52. The van der Waals surface area contributed by atoms with Gasteiger partial charge in [0.05, 0.1) is 12.6 Å². The fraction of sp³-hybridized carbons (Fsp3) is 0.0909. The van der Waals surface area contributed by atoms with Gasteiger partial charge < -0.3 is 4.74 Å². The van der Waals surface area contributed by atoms with Gasteiger partial charge in [-0.15, -0.1) is 10.2 Å². The fourth-order valence-electron chi connectivity index (χ4n) is 1.77. The third-order valence-corrected chi connectivity index (χ3v) is 2.59. The molecule has 0 saturated heterocycles. The van der Waals surface area contributed by atoms with Crippen molar-refractivity contribution in [3.05, 3.63) is 47.0 Å². The molecule has 0 spiro atoms. The third-order valence-electron chi connectivity index (χ3n) is 2.59. The predicted octanol–water partition coefficient (Wildman–Crippen LogP) is -0.341. The first-order chi connectivity index (χ1) is 8.79. The van der Waals surface area contributed by atoms with Crippen molar-refractivity contribution < 1.29 is 4.74 Å². The topological polar surface area (TPSA) is 74.8 Å². The van der Waals surface area contributed by atoms with Gasteiger partial charge >= 0.3 is 29.6 Å². The molecule has 0 radical (unpaired) electrons. The van der Waals surface area contributed by atoms with E-state index in [2.05, 4.69) is 15.4 Å². The van der Waals surface area contributed by atoms with Crippen LogP contribution in [0.5, 0.6) is 5.75 Å². The van der Waals surface area contributed by atoms with Crippen LogP contribution in [0.25, 0.3) is 10.9 Å². The minimum absolute atomic E-state index is 0. The number of ether oxygens (including phenoxy) is 1. The van der Waals surface area contributed by atoms with E-state index in [0.717, 1.165) is 16.0 Å². The van der Waals surface area contributed by atoms with Crippen molar-refractivity contribution in [2.75, 3.05) is 7.11 Å². The molecule has 2 heterocycles. The molecule has 1 aromatic carbocycles. The molecule has 0 aliphatic heterocycles. The Morgan fingerprint density at radius 1 is 1.21 bits per heavy atom. The monoisotopic (exact) mass is 267 g/mol. The molecule has 92 valence electrons. The maximum atomic E-state index is 11.9. The van der Waals surface area contributed by atoms with Crippen molar-refractivity contribution in [1.29, 1.82) is 0 Å². The van der Waals surface area contributed by atoms with Gasteiger partial charge in [0.2, 0.25) is 0 Å². The molecule has 7 nitrogen and oxygen atoms in total. The number of hydrogen-bond acceptors (Lipinski definition) is 5. The Labute approximate surface area is 130 Å². The molecule has 8 heteroatoms. The van der Waals surface area contributed by atoms with Crippen LogP contribution in [0.15, 0.2) is 41.5 Å². The molecular formula is C11H10N5NaO2. The van der Waals surface area contributed by atoms with Crippen molar-refractivity contribution in [3.8, 4) is 5.75 Å². The number of aromatic nitrogens is 5. The van der Waals surface area contributed by atoms with Gasteiger partial charge in [-0.3, -0.25) is 4.79 Å². The Morgan fingerprint density at radius 2 is 2.05 bits per heavy atom. The van der Waals surface area contributed by atoms with Crippen LogP contribution < -0.4 is 10.3 Å². The Balaban J connectivity index is 0.00000133. The molecule has 2 aromatic heterocycles. The molecule has 0 bridgehead atoms. The number of nitrogens with zero attached hydrogens (tertiary/aromatic N) is 5. The molecule has 0 saturated carbocycles. The second-order valence-electron chi connectivity index (χ2n) is 3.61. The molecule has 0 unspecified atom stereocenters. The SMILES string of the molecule is COc1ccc2c(ccc(=O)n2-n2ncnn2)c1.[NaH]. The number of tetrazole rings is 1. The quantitative estimate of drug-likeness (QED) is 0.594. The van der Waals surface area contributed by atoms with E-state index in [0.29, 0.717) is 5.52 Å². The molecule has 0 amide bonds. The number of benzene rings is 1. The van der Waals surface area contributed by atoms with E-state index in [1.165, 1.54) is 17.1 Å². The molecule has 0 fully saturated rings. The summed E-state index contributed by atoms with van der Waals surface area (Å²) in [5.41, 5.74) is 0.451. The number of rotatable bonds is 2. The van der Waals surface area contributed by atoms with E-state index in [1.807, 2.05) is 6.07 Å². The number of hydrogen-bond donors (Lipinski definition) is 0. The normalized spacial score (nSPS) is 10.2. The first-order valence-electron chi connectivity index (χ1n) is 5.23. The van der Waals surface area contributed by atoms with E-state index < -0.39 is 0 Å². The summed E-state index contributed by atoms with van der Waals surface area (Å²) >= 11 is 0. The van der Waals surface area contributed by atoms with Crippen LogP contribution in [-0.4, -0.2) is 61.7 Å². The van der Waals surface area contributed by atoms with Crippen molar-refractivity contribution >= 4 is 40.5 Å². The second-order valence-corrected chi connectivity index (χ2v) is 3.61. The van der Waals surface area contributed by atoms with Gasteiger partial charge in [-0.1, -0.05) is 4.91 Å². The minimum atomic E-state index is -0.231. The standard InChI is InChI=1S/C11H9N5O2.Na.H/c1-18-9-3-4-10-8(6-9)2-5-11(17)15(10)16-13-7-12-14-16;;/h2-7H,1H3;;. The van der Waals surface area contributed by atoms with Gasteiger partial charge in [-0.25, -0.2) is 0 Å². The molecule has 0 atom stereocenters. The first-order valence-corrected chi connectivity index (χ1v) is 5.23. The summed E-state index contributed by atoms with van der Waals surface area (Å²) in [5, 5.41) is 12.0. The third kappa shape index (κ3) is 2.40. The van der Waals surface area contributed by atoms with E-state index in [4.69, 9.17) is 4.74 Å². The summed E-state index contributed by atoms with van der Waals surface area (Å²) in [6.07, 6.45) is 1.27. The number of pyridine rings is 1. The van der Waals surface area contributed by atoms with Crippen molar-refractivity contribution in [2.45, 2.75) is 0 Å². The van der Waals surface area contributed by atoms with E-state index in [1.54, 1.807) is 25.3 Å². The Kier molecular flexibility index (Phi) is 3.98. The molecule has 0 aliphatic carbocycles. The summed E-state index contributed by atoms with van der Waals surface area (Å²) in [5.74, 6) is 0.722. The van der Waals surface area contributed by atoms with Crippen molar-refractivity contribution in [1.82, 2.24) is 25.0 Å². The Morgan fingerprint density at radius 3 is 2.74 bits per heavy atom. The van der Waals surface area contributed by atoms with Gasteiger partial charge in [0.15, 0.2) is 6.33 Å². The fourth-order valence-corrected chi connectivity index (χ4v) is 1.77. The molecule has 3 aromatic rings. The zero-order chi connectivity index (χ0) is 12.5. The Bertz CT molecular complexity index is 753. The molecule has 19 heavy (non-hydrogen) atoms. The van der Waals surface area contributed by atoms with Crippen LogP contribution in [0.4, 0.5) is 0 Å². The van der Waals surface area contributed by atoms with Gasteiger partial charge in [-0.2, -0.15) is 4.68 Å². The van der Waals surface area contributed by atoms with Crippen LogP contribution in [0.3, 0.4) is 0 Å².